The molecule has 106 valence electrons. The predicted molar refractivity (Wildman–Crippen MR) is 82.3 cm³/mol. The zero-order valence-electron chi connectivity index (χ0n) is 12.4. The Morgan fingerprint density at radius 1 is 1.20 bits per heavy atom. The highest BCUT2D eigenvalue weighted by Crippen LogP contribution is 2.21. The molecule has 4 heteroatoms. The summed E-state index contributed by atoms with van der Waals surface area (Å²) in [5, 5.41) is 0.545. The molecular formula is C16H20ClN3. The normalized spacial score (nSPS) is 11.1. The lowest BCUT2D eigenvalue weighted by atomic mass is 10.1. The van der Waals surface area contributed by atoms with E-state index in [-0.39, 0.29) is 5.92 Å². The Hall–Kier alpha value is -1.48. The van der Waals surface area contributed by atoms with E-state index in [1.54, 1.807) is 0 Å². The zero-order chi connectivity index (χ0) is 14.7. The largest absolute Gasteiger partial charge is 0.261 e. The van der Waals surface area contributed by atoms with Crippen molar-refractivity contribution in [2.24, 2.45) is 0 Å². The molecule has 0 aliphatic rings. The average Bonchev–Trinajstić information content (AvgIpc) is 2.44. The second-order valence-corrected chi connectivity index (χ2v) is 5.65. The molecule has 2 aromatic heterocycles. The minimum atomic E-state index is 0.266. The minimum absolute atomic E-state index is 0.266. The Labute approximate surface area is 125 Å². The zero-order valence-corrected chi connectivity index (χ0v) is 13.2. The molecule has 0 bridgehead atoms. The molecule has 0 saturated carbocycles. The first-order valence-corrected chi connectivity index (χ1v) is 7.35. The van der Waals surface area contributed by atoms with Crippen molar-refractivity contribution in [1.82, 2.24) is 15.0 Å². The van der Waals surface area contributed by atoms with Gasteiger partial charge in [0, 0.05) is 29.8 Å². The molecule has 20 heavy (non-hydrogen) atoms. The van der Waals surface area contributed by atoms with Crippen LogP contribution in [0.5, 0.6) is 0 Å². The maximum atomic E-state index is 6.21. The quantitative estimate of drug-likeness (QED) is 0.795. The predicted octanol–water partition coefficient (Wildman–Crippen LogP) is 4.11. The van der Waals surface area contributed by atoms with Crippen molar-refractivity contribution < 1.29 is 0 Å². The number of rotatable bonds is 4. The first-order valence-electron chi connectivity index (χ1n) is 6.98. The summed E-state index contributed by atoms with van der Waals surface area (Å²) in [6, 6.07) is 4.17. The van der Waals surface area contributed by atoms with Crippen molar-refractivity contribution in [3.63, 3.8) is 0 Å². The van der Waals surface area contributed by atoms with Crippen molar-refractivity contribution >= 4 is 11.6 Å². The number of aromatic nitrogens is 3. The van der Waals surface area contributed by atoms with Gasteiger partial charge in [-0.15, -0.1) is 0 Å². The van der Waals surface area contributed by atoms with Gasteiger partial charge in [0.05, 0.1) is 5.69 Å². The number of nitrogens with zero attached hydrogens (tertiary/aromatic N) is 3. The van der Waals surface area contributed by atoms with Crippen LogP contribution in [0.4, 0.5) is 0 Å². The highest BCUT2D eigenvalue weighted by molar-refractivity contribution is 6.30. The van der Waals surface area contributed by atoms with Gasteiger partial charge in [-0.05, 0) is 25.0 Å². The van der Waals surface area contributed by atoms with Crippen molar-refractivity contribution in [1.29, 1.82) is 0 Å². The van der Waals surface area contributed by atoms with Gasteiger partial charge in [0.1, 0.15) is 11.0 Å². The molecule has 0 saturated heterocycles. The van der Waals surface area contributed by atoms with Crippen LogP contribution in [0, 0.1) is 6.92 Å². The number of hydrogen-bond donors (Lipinski definition) is 0. The van der Waals surface area contributed by atoms with Gasteiger partial charge in [-0.3, -0.25) is 4.98 Å². The summed E-state index contributed by atoms with van der Waals surface area (Å²) in [6.45, 7) is 8.22. The molecule has 0 spiro atoms. The van der Waals surface area contributed by atoms with Crippen molar-refractivity contribution in [3.05, 3.63) is 51.8 Å². The Kier molecular flexibility index (Phi) is 4.71. The SMILES string of the molecule is CCc1ccc(Cc2nc(C(C)C)nc(Cl)c2C)nc1. The summed E-state index contributed by atoms with van der Waals surface area (Å²) in [5.74, 6) is 1.06. The minimum Gasteiger partial charge on any atom is -0.261 e. The Morgan fingerprint density at radius 3 is 2.50 bits per heavy atom. The third-order valence-corrected chi connectivity index (χ3v) is 3.73. The van der Waals surface area contributed by atoms with Gasteiger partial charge in [-0.25, -0.2) is 9.97 Å². The van der Waals surface area contributed by atoms with E-state index in [2.05, 4.69) is 47.9 Å². The molecule has 0 fully saturated rings. The molecule has 2 rings (SSSR count). The molecule has 3 nitrogen and oxygen atoms in total. The van der Waals surface area contributed by atoms with E-state index in [4.69, 9.17) is 11.6 Å². The topological polar surface area (TPSA) is 38.7 Å². The molecule has 0 amide bonds. The van der Waals surface area contributed by atoms with Crippen LogP contribution in [0.3, 0.4) is 0 Å². The third kappa shape index (κ3) is 3.34. The number of halogens is 1. The van der Waals surface area contributed by atoms with Crippen molar-refractivity contribution in [3.8, 4) is 0 Å². The lowest BCUT2D eigenvalue weighted by Gasteiger charge is -2.11. The maximum absolute atomic E-state index is 6.21. The van der Waals surface area contributed by atoms with Crippen LogP contribution >= 0.6 is 11.6 Å². The van der Waals surface area contributed by atoms with Crippen LogP contribution in [-0.2, 0) is 12.8 Å². The molecule has 0 unspecified atom stereocenters. The van der Waals surface area contributed by atoms with Gasteiger partial charge in [-0.1, -0.05) is 38.4 Å². The maximum Gasteiger partial charge on any atom is 0.135 e. The number of hydrogen-bond acceptors (Lipinski definition) is 3. The fourth-order valence-corrected chi connectivity index (χ4v) is 2.12. The van der Waals surface area contributed by atoms with E-state index in [9.17, 15) is 0 Å². The van der Waals surface area contributed by atoms with E-state index in [1.807, 2.05) is 13.1 Å². The monoisotopic (exact) mass is 289 g/mol. The molecule has 0 aliphatic carbocycles. The summed E-state index contributed by atoms with van der Waals surface area (Å²) in [6.07, 6.45) is 3.62. The Balaban J connectivity index is 2.31. The van der Waals surface area contributed by atoms with Gasteiger partial charge >= 0.3 is 0 Å². The molecule has 0 N–H and O–H groups in total. The highest BCUT2D eigenvalue weighted by Gasteiger charge is 2.12. The van der Waals surface area contributed by atoms with Gasteiger partial charge in [0.2, 0.25) is 0 Å². The summed E-state index contributed by atoms with van der Waals surface area (Å²) in [5.41, 5.74) is 4.16. The van der Waals surface area contributed by atoms with Crippen molar-refractivity contribution in [2.45, 2.75) is 46.5 Å². The molecule has 0 aliphatic heterocycles. The third-order valence-electron chi connectivity index (χ3n) is 3.36. The molecule has 0 radical (unpaired) electrons. The number of pyridine rings is 1. The van der Waals surface area contributed by atoms with Gasteiger partial charge in [-0.2, -0.15) is 0 Å². The van der Waals surface area contributed by atoms with Crippen LogP contribution in [0.25, 0.3) is 0 Å². The summed E-state index contributed by atoms with van der Waals surface area (Å²) >= 11 is 6.21. The van der Waals surface area contributed by atoms with Crippen LogP contribution in [0.2, 0.25) is 5.15 Å². The van der Waals surface area contributed by atoms with Gasteiger partial charge in [0.15, 0.2) is 0 Å². The molecule has 2 aromatic rings. The van der Waals surface area contributed by atoms with Crippen LogP contribution in [0.1, 0.15) is 55.0 Å². The van der Waals surface area contributed by atoms with Gasteiger partial charge < -0.3 is 0 Å². The van der Waals surface area contributed by atoms with E-state index in [0.717, 1.165) is 29.2 Å². The fourth-order valence-electron chi connectivity index (χ4n) is 1.92. The highest BCUT2D eigenvalue weighted by atomic mass is 35.5. The standard InChI is InChI=1S/C16H20ClN3/c1-5-12-6-7-13(18-9-12)8-14-11(4)15(17)20-16(19-14)10(2)3/h6-7,9-10H,5,8H2,1-4H3. The average molecular weight is 290 g/mol. The van der Waals surface area contributed by atoms with Crippen LogP contribution in [0.15, 0.2) is 18.3 Å². The smallest absolute Gasteiger partial charge is 0.135 e. The second kappa shape index (κ2) is 6.31. The Morgan fingerprint density at radius 2 is 1.95 bits per heavy atom. The summed E-state index contributed by atoms with van der Waals surface area (Å²) in [7, 11) is 0. The number of aryl methyl sites for hydroxylation is 1. The van der Waals surface area contributed by atoms with E-state index in [1.165, 1.54) is 5.56 Å². The van der Waals surface area contributed by atoms with Gasteiger partial charge in [0.25, 0.3) is 0 Å². The van der Waals surface area contributed by atoms with Crippen molar-refractivity contribution in [2.75, 3.05) is 0 Å². The van der Waals surface area contributed by atoms with Crippen LogP contribution < -0.4 is 0 Å². The van der Waals surface area contributed by atoms with E-state index >= 15 is 0 Å². The second-order valence-electron chi connectivity index (χ2n) is 5.29. The molecular weight excluding hydrogens is 270 g/mol. The van der Waals surface area contributed by atoms with Crippen LogP contribution in [-0.4, -0.2) is 15.0 Å². The first-order chi connectivity index (χ1) is 9.51. The van der Waals surface area contributed by atoms with E-state index in [0.29, 0.717) is 11.6 Å². The lowest BCUT2D eigenvalue weighted by molar-refractivity contribution is 0.755. The molecule has 2 heterocycles. The summed E-state index contributed by atoms with van der Waals surface area (Å²) in [4.78, 5) is 13.5. The lowest BCUT2D eigenvalue weighted by Crippen LogP contribution is -2.06. The molecule has 0 atom stereocenters. The Bertz CT molecular complexity index is 591. The first kappa shape index (κ1) is 14.9. The summed E-state index contributed by atoms with van der Waals surface area (Å²) < 4.78 is 0. The van der Waals surface area contributed by atoms with E-state index < -0.39 is 0 Å². The fraction of sp³-hybridized carbons (Fsp3) is 0.438. The molecule has 0 aromatic carbocycles.